The molecule has 0 saturated heterocycles. The molecule has 3 nitrogen and oxygen atoms in total. The number of hydrogen-bond donors (Lipinski definition) is 1. The van der Waals surface area contributed by atoms with E-state index in [1.54, 1.807) is 0 Å². The van der Waals surface area contributed by atoms with Gasteiger partial charge in [-0.05, 0) is 36.8 Å². The van der Waals surface area contributed by atoms with E-state index in [1.165, 1.54) is 0 Å². The molecule has 18 heavy (non-hydrogen) atoms. The van der Waals surface area contributed by atoms with Crippen LogP contribution in [0.3, 0.4) is 0 Å². The van der Waals surface area contributed by atoms with E-state index < -0.39 is 0 Å². The SMILES string of the molecule is Cc1c(Br)cccc1-n1c(N)nc2ccccc21. The molecule has 0 amide bonds. The van der Waals surface area contributed by atoms with Crippen molar-refractivity contribution in [2.24, 2.45) is 0 Å². The molecule has 4 heteroatoms. The van der Waals surface area contributed by atoms with Gasteiger partial charge in [0.25, 0.3) is 0 Å². The number of hydrogen-bond acceptors (Lipinski definition) is 2. The van der Waals surface area contributed by atoms with Crippen LogP contribution in [0.25, 0.3) is 16.7 Å². The number of halogens is 1. The molecule has 2 aromatic carbocycles. The summed E-state index contributed by atoms with van der Waals surface area (Å²) >= 11 is 3.55. The summed E-state index contributed by atoms with van der Waals surface area (Å²) in [5.41, 5.74) is 10.2. The number of nitrogen functional groups attached to an aromatic ring is 1. The van der Waals surface area contributed by atoms with Crippen LogP contribution in [-0.4, -0.2) is 9.55 Å². The topological polar surface area (TPSA) is 43.8 Å². The van der Waals surface area contributed by atoms with E-state index in [-0.39, 0.29) is 0 Å². The summed E-state index contributed by atoms with van der Waals surface area (Å²) in [6.07, 6.45) is 0. The predicted octanol–water partition coefficient (Wildman–Crippen LogP) is 3.68. The van der Waals surface area contributed by atoms with E-state index in [0.29, 0.717) is 5.95 Å². The van der Waals surface area contributed by atoms with Crippen molar-refractivity contribution in [3.63, 3.8) is 0 Å². The van der Waals surface area contributed by atoms with E-state index in [0.717, 1.165) is 26.8 Å². The summed E-state index contributed by atoms with van der Waals surface area (Å²) < 4.78 is 3.05. The molecule has 1 aromatic heterocycles. The fraction of sp³-hybridized carbons (Fsp3) is 0.0714. The van der Waals surface area contributed by atoms with Gasteiger partial charge in [0.1, 0.15) is 0 Å². The van der Waals surface area contributed by atoms with E-state index >= 15 is 0 Å². The Hall–Kier alpha value is -1.81. The van der Waals surface area contributed by atoms with Crippen molar-refractivity contribution in [1.82, 2.24) is 9.55 Å². The normalized spacial score (nSPS) is 11.0. The van der Waals surface area contributed by atoms with Gasteiger partial charge in [0, 0.05) is 4.47 Å². The van der Waals surface area contributed by atoms with Crippen molar-refractivity contribution in [3.05, 3.63) is 52.5 Å². The summed E-state index contributed by atoms with van der Waals surface area (Å²) in [5.74, 6) is 0.511. The van der Waals surface area contributed by atoms with Crippen LogP contribution in [0.1, 0.15) is 5.56 Å². The molecule has 0 atom stereocenters. The van der Waals surface area contributed by atoms with Crippen LogP contribution < -0.4 is 5.73 Å². The molecule has 0 aliphatic rings. The number of imidazole rings is 1. The lowest BCUT2D eigenvalue weighted by Gasteiger charge is -2.11. The highest BCUT2D eigenvalue weighted by Crippen LogP contribution is 2.28. The lowest BCUT2D eigenvalue weighted by Crippen LogP contribution is -2.02. The highest BCUT2D eigenvalue weighted by atomic mass is 79.9. The minimum Gasteiger partial charge on any atom is -0.369 e. The number of para-hydroxylation sites is 2. The van der Waals surface area contributed by atoms with Gasteiger partial charge in [0.2, 0.25) is 5.95 Å². The molecule has 0 aliphatic carbocycles. The van der Waals surface area contributed by atoms with Gasteiger partial charge in [-0.15, -0.1) is 0 Å². The number of aromatic nitrogens is 2. The number of benzene rings is 2. The Labute approximate surface area is 113 Å². The average Bonchev–Trinajstić information content (AvgIpc) is 2.69. The van der Waals surface area contributed by atoms with Crippen LogP contribution in [0.4, 0.5) is 5.95 Å². The van der Waals surface area contributed by atoms with E-state index in [4.69, 9.17) is 5.73 Å². The maximum Gasteiger partial charge on any atom is 0.205 e. The maximum absolute atomic E-state index is 6.04. The molecule has 2 N–H and O–H groups in total. The number of nitrogens with zero attached hydrogens (tertiary/aromatic N) is 2. The van der Waals surface area contributed by atoms with Crippen molar-refractivity contribution in [2.75, 3.05) is 5.73 Å². The smallest absolute Gasteiger partial charge is 0.205 e. The molecule has 0 spiro atoms. The Morgan fingerprint density at radius 3 is 2.72 bits per heavy atom. The maximum atomic E-state index is 6.04. The van der Waals surface area contributed by atoms with Crippen molar-refractivity contribution in [2.45, 2.75) is 6.92 Å². The Morgan fingerprint density at radius 2 is 1.89 bits per heavy atom. The molecule has 0 bridgehead atoms. The third-order valence-corrected chi connectivity index (χ3v) is 3.93. The molecule has 0 unspecified atom stereocenters. The summed E-state index contributed by atoms with van der Waals surface area (Å²) in [5, 5.41) is 0. The van der Waals surface area contributed by atoms with Gasteiger partial charge in [-0.2, -0.15) is 0 Å². The summed E-state index contributed by atoms with van der Waals surface area (Å²) in [4.78, 5) is 4.39. The van der Waals surface area contributed by atoms with Gasteiger partial charge < -0.3 is 5.73 Å². The van der Waals surface area contributed by atoms with E-state index in [1.807, 2.05) is 47.0 Å². The Morgan fingerprint density at radius 1 is 1.11 bits per heavy atom. The highest BCUT2D eigenvalue weighted by Gasteiger charge is 2.12. The lowest BCUT2D eigenvalue weighted by atomic mass is 10.2. The molecule has 0 saturated carbocycles. The van der Waals surface area contributed by atoms with Gasteiger partial charge in [0.15, 0.2) is 0 Å². The molecular formula is C14H12BrN3. The van der Waals surface area contributed by atoms with Crippen LogP contribution >= 0.6 is 15.9 Å². The molecule has 3 aromatic rings. The van der Waals surface area contributed by atoms with Crippen LogP contribution in [0, 0.1) is 6.92 Å². The molecule has 0 fully saturated rings. The fourth-order valence-electron chi connectivity index (χ4n) is 2.14. The number of anilines is 1. The molecular weight excluding hydrogens is 290 g/mol. The molecule has 0 aliphatic heterocycles. The van der Waals surface area contributed by atoms with Crippen molar-refractivity contribution >= 4 is 32.9 Å². The first-order chi connectivity index (χ1) is 8.68. The van der Waals surface area contributed by atoms with Crippen LogP contribution in [-0.2, 0) is 0 Å². The van der Waals surface area contributed by atoms with E-state index in [9.17, 15) is 0 Å². The molecule has 3 rings (SSSR count). The third-order valence-electron chi connectivity index (χ3n) is 3.07. The highest BCUT2D eigenvalue weighted by molar-refractivity contribution is 9.10. The second-order valence-corrected chi connectivity index (χ2v) is 5.03. The van der Waals surface area contributed by atoms with Crippen molar-refractivity contribution in [3.8, 4) is 5.69 Å². The van der Waals surface area contributed by atoms with Gasteiger partial charge in [-0.1, -0.05) is 34.1 Å². The van der Waals surface area contributed by atoms with Crippen LogP contribution in [0.2, 0.25) is 0 Å². The standard InChI is InChI=1S/C14H12BrN3/c1-9-10(15)5-4-8-12(9)18-13-7-3-2-6-11(13)17-14(18)16/h2-8H,1H3,(H2,16,17). The predicted molar refractivity (Wildman–Crippen MR) is 77.9 cm³/mol. The van der Waals surface area contributed by atoms with Crippen LogP contribution in [0.15, 0.2) is 46.9 Å². The summed E-state index contributed by atoms with van der Waals surface area (Å²) in [7, 11) is 0. The monoisotopic (exact) mass is 301 g/mol. The second kappa shape index (κ2) is 4.14. The number of fused-ring (bicyclic) bond motifs is 1. The Balaban J connectivity index is 2.38. The zero-order valence-corrected chi connectivity index (χ0v) is 11.5. The van der Waals surface area contributed by atoms with Gasteiger partial charge in [0.05, 0.1) is 16.7 Å². The minimum atomic E-state index is 0.511. The number of rotatable bonds is 1. The van der Waals surface area contributed by atoms with Crippen LogP contribution in [0.5, 0.6) is 0 Å². The molecule has 90 valence electrons. The number of nitrogens with two attached hydrogens (primary N) is 1. The minimum absolute atomic E-state index is 0.511. The average molecular weight is 302 g/mol. The lowest BCUT2D eigenvalue weighted by molar-refractivity contribution is 1.09. The third kappa shape index (κ3) is 1.61. The quantitative estimate of drug-likeness (QED) is 0.745. The first-order valence-corrected chi connectivity index (χ1v) is 6.46. The summed E-state index contributed by atoms with van der Waals surface area (Å²) in [6.45, 7) is 2.06. The van der Waals surface area contributed by atoms with Crippen molar-refractivity contribution < 1.29 is 0 Å². The molecule has 0 radical (unpaired) electrons. The zero-order valence-electron chi connectivity index (χ0n) is 9.89. The first kappa shape index (κ1) is 11.3. The second-order valence-electron chi connectivity index (χ2n) is 4.18. The van der Waals surface area contributed by atoms with Gasteiger partial charge >= 0.3 is 0 Å². The molecule has 1 heterocycles. The summed E-state index contributed by atoms with van der Waals surface area (Å²) in [6, 6.07) is 14.0. The zero-order chi connectivity index (χ0) is 12.7. The fourth-order valence-corrected chi connectivity index (χ4v) is 2.49. The first-order valence-electron chi connectivity index (χ1n) is 5.67. The van der Waals surface area contributed by atoms with Crippen molar-refractivity contribution in [1.29, 1.82) is 0 Å². The van der Waals surface area contributed by atoms with E-state index in [2.05, 4.69) is 27.8 Å². The van der Waals surface area contributed by atoms with Gasteiger partial charge in [-0.25, -0.2) is 4.98 Å². The Kier molecular flexibility index (Phi) is 2.59. The largest absolute Gasteiger partial charge is 0.369 e. The van der Waals surface area contributed by atoms with Gasteiger partial charge in [-0.3, -0.25) is 4.57 Å². The Bertz CT molecular complexity index is 731.